The van der Waals surface area contributed by atoms with Crippen molar-refractivity contribution < 1.29 is 9.53 Å². The zero-order valence-corrected chi connectivity index (χ0v) is 11.0. The highest BCUT2D eigenvalue weighted by Gasteiger charge is 2.13. The van der Waals surface area contributed by atoms with Gasteiger partial charge in [0.05, 0.1) is 12.6 Å². The van der Waals surface area contributed by atoms with Crippen molar-refractivity contribution in [3.05, 3.63) is 47.6 Å². The molecule has 0 fully saturated rings. The maximum atomic E-state index is 11.4. The third kappa shape index (κ3) is 2.08. The van der Waals surface area contributed by atoms with Crippen LogP contribution in [0.25, 0.3) is 21.5 Å². The Morgan fingerprint density at radius 3 is 2.95 bits per heavy atom. The summed E-state index contributed by atoms with van der Waals surface area (Å²) in [5, 5.41) is 3.52. The molecule has 0 N–H and O–H groups in total. The molecule has 0 saturated heterocycles. The highest BCUT2D eigenvalue weighted by atomic mass is 32.1. The first-order chi connectivity index (χ1) is 9.29. The number of pyridine rings is 1. The van der Waals surface area contributed by atoms with Crippen LogP contribution in [0.2, 0.25) is 0 Å². The van der Waals surface area contributed by atoms with E-state index in [0.29, 0.717) is 5.69 Å². The number of nitrogens with zero attached hydrogens (tertiary/aromatic N) is 2. The Hall–Kier alpha value is -2.27. The Morgan fingerprint density at radius 2 is 2.11 bits per heavy atom. The topological polar surface area (TPSA) is 52.1 Å². The predicted octanol–water partition coefficient (Wildman–Crippen LogP) is 3.14. The van der Waals surface area contributed by atoms with Gasteiger partial charge in [-0.05, 0) is 12.1 Å². The molecule has 2 heterocycles. The molecule has 0 amide bonds. The Kier molecular flexibility index (Phi) is 2.97. The number of rotatable bonds is 2. The average molecular weight is 270 g/mol. The molecule has 5 heteroatoms. The van der Waals surface area contributed by atoms with Gasteiger partial charge in [-0.1, -0.05) is 18.2 Å². The van der Waals surface area contributed by atoms with E-state index in [9.17, 15) is 4.79 Å². The SMILES string of the molecule is COC(=O)c1csc(-c2cccc3cccnc23)n1. The second-order valence-corrected chi connectivity index (χ2v) is 4.77. The number of methoxy groups -OCH3 is 1. The fraction of sp³-hybridized carbons (Fsp3) is 0.0714. The highest BCUT2D eigenvalue weighted by Crippen LogP contribution is 2.29. The molecule has 94 valence electrons. The number of ether oxygens (including phenoxy) is 1. The summed E-state index contributed by atoms with van der Waals surface area (Å²) in [6.07, 6.45) is 1.75. The van der Waals surface area contributed by atoms with Crippen molar-refractivity contribution in [1.29, 1.82) is 0 Å². The van der Waals surface area contributed by atoms with Crippen LogP contribution in [0.4, 0.5) is 0 Å². The van der Waals surface area contributed by atoms with Crippen LogP contribution in [0.3, 0.4) is 0 Å². The number of carbonyl (C=O) groups excluding carboxylic acids is 1. The molecule has 0 bridgehead atoms. The molecular weight excluding hydrogens is 260 g/mol. The summed E-state index contributed by atoms with van der Waals surface area (Å²) in [4.78, 5) is 20.1. The number of esters is 1. The van der Waals surface area contributed by atoms with Gasteiger partial charge in [0.15, 0.2) is 5.69 Å². The van der Waals surface area contributed by atoms with Gasteiger partial charge in [-0.25, -0.2) is 9.78 Å². The van der Waals surface area contributed by atoms with E-state index in [4.69, 9.17) is 0 Å². The molecule has 0 atom stereocenters. The molecule has 2 aromatic heterocycles. The molecule has 0 aliphatic rings. The zero-order chi connectivity index (χ0) is 13.2. The molecule has 1 aromatic carbocycles. The maximum Gasteiger partial charge on any atom is 0.357 e. The van der Waals surface area contributed by atoms with Crippen LogP contribution in [0.15, 0.2) is 41.9 Å². The normalized spacial score (nSPS) is 10.6. The van der Waals surface area contributed by atoms with E-state index < -0.39 is 5.97 Å². The summed E-state index contributed by atoms with van der Waals surface area (Å²) in [7, 11) is 1.35. The van der Waals surface area contributed by atoms with Crippen molar-refractivity contribution in [2.24, 2.45) is 0 Å². The smallest absolute Gasteiger partial charge is 0.357 e. The highest BCUT2D eigenvalue weighted by molar-refractivity contribution is 7.13. The van der Waals surface area contributed by atoms with Crippen molar-refractivity contribution in [2.75, 3.05) is 7.11 Å². The Balaban J connectivity index is 2.14. The fourth-order valence-electron chi connectivity index (χ4n) is 1.87. The van der Waals surface area contributed by atoms with E-state index in [1.807, 2.05) is 30.3 Å². The minimum absolute atomic E-state index is 0.329. The number of benzene rings is 1. The van der Waals surface area contributed by atoms with Crippen molar-refractivity contribution in [1.82, 2.24) is 9.97 Å². The van der Waals surface area contributed by atoms with Crippen molar-refractivity contribution >= 4 is 28.2 Å². The standard InChI is InChI=1S/C14H10N2O2S/c1-18-14(17)11-8-19-13(16-11)10-6-2-4-9-5-3-7-15-12(9)10/h2-8H,1H3. The average Bonchev–Trinajstić information content (AvgIpc) is 2.95. The number of hydrogen-bond acceptors (Lipinski definition) is 5. The van der Waals surface area contributed by atoms with Crippen LogP contribution in [-0.2, 0) is 4.74 Å². The second kappa shape index (κ2) is 4.78. The van der Waals surface area contributed by atoms with Crippen LogP contribution in [-0.4, -0.2) is 23.0 Å². The third-order valence-electron chi connectivity index (χ3n) is 2.76. The monoisotopic (exact) mass is 270 g/mol. The predicted molar refractivity (Wildman–Crippen MR) is 74.2 cm³/mol. The van der Waals surface area contributed by atoms with Gasteiger partial charge in [-0.15, -0.1) is 11.3 Å². The zero-order valence-electron chi connectivity index (χ0n) is 10.2. The van der Waals surface area contributed by atoms with Gasteiger partial charge in [-0.3, -0.25) is 4.98 Å². The first kappa shape index (κ1) is 11.8. The molecule has 0 unspecified atom stereocenters. The first-order valence-electron chi connectivity index (χ1n) is 5.67. The molecule has 3 rings (SSSR count). The van der Waals surface area contributed by atoms with E-state index in [0.717, 1.165) is 21.5 Å². The van der Waals surface area contributed by atoms with E-state index in [-0.39, 0.29) is 0 Å². The first-order valence-corrected chi connectivity index (χ1v) is 6.55. The lowest BCUT2D eigenvalue weighted by atomic mass is 10.1. The van der Waals surface area contributed by atoms with Gasteiger partial charge in [-0.2, -0.15) is 0 Å². The molecule has 3 aromatic rings. The van der Waals surface area contributed by atoms with Crippen LogP contribution >= 0.6 is 11.3 Å². The lowest BCUT2D eigenvalue weighted by molar-refractivity contribution is 0.0595. The van der Waals surface area contributed by atoms with Gasteiger partial charge in [0.1, 0.15) is 5.01 Å². The van der Waals surface area contributed by atoms with Crippen LogP contribution in [0.5, 0.6) is 0 Å². The minimum atomic E-state index is -0.421. The number of fused-ring (bicyclic) bond motifs is 1. The van der Waals surface area contributed by atoms with Gasteiger partial charge in [0.25, 0.3) is 0 Å². The fourth-order valence-corrected chi connectivity index (χ4v) is 2.69. The lowest BCUT2D eigenvalue weighted by Crippen LogP contribution is -2.01. The van der Waals surface area contributed by atoms with Crippen LogP contribution < -0.4 is 0 Å². The van der Waals surface area contributed by atoms with Crippen LogP contribution in [0, 0.1) is 0 Å². The van der Waals surface area contributed by atoms with Gasteiger partial charge < -0.3 is 4.74 Å². The molecule has 0 radical (unpaired) electrons. The molecule has 0 saturated carbocycles. The molecular formula is C14H10N2O2S. The van der Waals surface area contributed by atoms with Gasteiger partial charge in [0.2, 0.25) is 0 Å². The molecule has 0 aliphatic carbocycles. The second-order valence-electron chi connectivity index (χ2n) is 3.91. The summed E-state index contributed by atoms with van der Waals surface area (Å²) in [6, 6.07) is 9.81. The van der Waals surface area contributed by atoms with E-state index in [1.165, 1.54) is 18.4 Å². The molecule has 0 spiro atoms. The maximum absolute atomic E-state index is 11.4. The van der Waals surface area contributed by atoms with Gasteiger partial charge >= 0.3 is 5.97 Å². The summed E-state index contributed by atoms with van der Waals surface area (Å²) < 4.78 is 4.66. The van der Waals surface area contributed by atoms with Crippen molar-refractivity contribution in [2.45, 2.75) is 0 Å². The summed E-state index contributed by atoms with van der Waals surface area (Å²) in [5.41, 5.74) is 2.14. The number of carbonyl (C=O) groups is 1. The largest absolute Gasteiger partial charge is 0.464 e. The summed E-state index contributed by atoms with van der Waals surface area (Å²) in [5.74, 6) is -0.421. The number of aromatic nitrogens is 2. The Labute approximate surface area is 113 Å². The number of para-hydroxylation sites is 1. The Bertz CT molecular complexity index is 747. The number of thiazole rings is 1. The molecule has 19 heavy (non-hydrogen) atoms. The van der Waals surface area contributed by atoms with Crippen LogP contribution in [0.1, 0.15) is 10.5 Å². The minimum Gasteiger partial charge on any atom is -0.464 e. The molecule has 0 aliphatic heterocycles. The third-order valence-corrected chi connectivity index (χ3v) is 3.64. The molecule has 4 nitrogen and oxygen atoms in total. The summed E-state index contributed by atoms with van der Waals surface area (Å²) in [6.45, 7) is 0. The summed E-state index contributed by atoms with van der Waals surface area (Å²) >= 11 is 1.41. The van der Waals surface area contributed by atoms with Crippen molar-refractivity contribution in [3.63, 3.8) is 0 Å². The van der Waals surface area contributed by atoms with Gasteiger partial charge in [0, 0.05) is 22.5 Å². The Morgan fingerprint density at radius 1 is 1.26 bits per heavy atom. The lowest BCUT2D eigenvalue weighted by Gasteiger charge is -2.01. The van der Waals surface area contributed by atoms with E-state index >= 15 is 0 Å². The van der Waals surface area contributed by atoms with E-state index in [2.05, 4.69) is 14.7 Å². The van der Waals surface area contributed by atoms with E-state index in [1.54, 1.807) is 11.6 Å². The quantitative estimate of drug-likeness (QED) is 0.671. The van der Waals surface area contributed by atoms with Crippen molar-refractivity contribution in [3.8, 4) is 10.6 Å². The number of hydrogen-bond donors (Lipinski definition) is 0.